The molecule has 0 atom stereocenters. The molecule has 2 heterocycles. The van der Waals surface area contributed by atoms with Gasteiger partial charge in [0, 0.05) is 18.6 Å². The fourth-order valence-electron chi connectivity index (χ4n) is 0.685. The summed E-state index contributed by atoms with van der Waals surface area (Å²) < 4.78 is 4.94. The second-order valence-electron chi connectivity index (χ2n) is 1.65. The van der Waals surface area contributed by atoms with E-state index in [4.69, 9.17) is 4.74 Å². The number of hydrogen-bond acceptors (Lipinski definition) is 4. The van der Waals surface area contributed by atoms with Gasteiger partial charge < -0.3 is 4.74 Å². The maximum atomic E-state index is 4.94. The Labute approximate surface area is 52.1 Å². The monoisotopic (exact) mass is 123 g/mol. The van der Waals surface area contributed by atoms with Crippen molar-refractivity contribution in [3.63, 3.8) is 0 Å². The van der Waals surface area contributed by atoms with Crippen LogP contribution in [0.3, 0.4) is 0 Å². The summed E-state index contributed by atoms with van der Waals surface area (Å²) >= 11 is 0. The first-order valence-corrected chi connectivity index (χ1v) is 2.58. The van der Waals surface area contributed by atoms with Crippen LogP contribution in [-0.4, -0.2) is 10.9 Å². The van der Waals surface area contributed by atoms with Crippen molar-refractivity contribution < 1.29 is 4.74 Å². The SMILES string of the molecule is C1=CN2C=COC2=NN1. The molecule has 46 valence electrons. The average Bonchev–Trinajstić information content (AvgIpc) is 2.33. The number of hydrogen-bond donors (Lipinski definition) is 1. The summed E-state index contributed by atoms with van der Waals surface area (Å²) in [6, 6.07) is 0.567. The standard InChI is InChI=1S/C5H5N3O/c1-2-8-3-4-9-5(8)7-6-1/h1-4,6H. The van der Waals surface area contributed by atoms with Gasteiger partial charge in [-0.15, -0.1) is 5.10 Å². The van der Waals surface area contributed by atoms with E-state index in [0.717, 1.165) is 0 Å². The molecule has 0 saturated heterocycles. The maximum absolute atomic E-state index is 4.94. The summed E-state index contributed by atoms with van der Waals surface area (Å²) in [6.07, 6.45) is 6.92. The van der Waals surface area contributed by atoms with Gasteiger partial charge >= 0.3 is 6.02 Å². The highest BCUT2D eigenvalue weighted by Crippen LogP contribution is 2.06. The molecule has 0 spiro atoms. The minimum Gasteiger partial charge on any atom is -0.431 e. The molecule has 9 heavy (non-hydrogen) atoms. The molecule has 2 aliphatic rings. The van der Waals surface area contributed by atoms with Crippen LogP contribution in [0.5, 0.6) is 0 Å². The first kappa shape index (κ1) is 4.43. The van der Waals surface area contributed by atoms with E-state index < -0.39 is 0 Å². The Morgan fingerprint density at radius 3 is 3.44 bits per heavy atom. The molecule has 0 bridgehead atoms. The normalized spacial score (nSPS) is 20.4. The number of nitrogens with zero attached hydrogens (tertiary/aromatic N) is 2. The number of ether oxygens (including phenoxy) is 1. The number of amidine groups is 1. The van der Waals surface area contributed by atoms with Crippen molar-refractivity contribution in [3.05, 3.63) is 24.9 Å². The summed E-state index contributed by atoms with van der Waals surface area (Å²) in [6.45, 7) is 0. The third-order valence-electron chi connectivity index (χ3n) is 1.09. The molecular formula is C5H5N3O. The van der Waals surface area contributed by atoms with Crippen molar-refractivity contribution in [2.45, 2.75) is 0 Å². The zero-order chi connectivity index (χ0) is 6.10. The highest BCUT2D eigenvalue weighted by molar-refractivity contribution is 5.78. The van der Waals surface area contributed by atoms with E-state index in [2.05, 4.69) is 10.5 Å². The molecule has 0 aromatic carbocycles. The number of hydrazone groups is 1. The predicted octanol–water partition coefficient (Wildman–Crippen LogP) is 0.135. The van der Waals surface area contributed by atoms with Crippen LogP contribution in [0, 0.1) is 0 Å². The van der Waals surface area contributed by atoms with Gasteiger partial charge in [0.1, 0.15) is 6.26 Å². The molecule has 4 heteroatoms. The van der Waals surface area contributed by atoms with E-state index >= 15 is 0 Å². The molecule has 1 N–H and O–H groups in total. The summed E-state index contributed by atoms with van der Waals surface area (Å²) in [5, 5.41) is 3.81. The van der Waals surface area contributed by atoms with Crippen LogP contribution >= 0.6 is 0 Å². The van der Waals surface area contributed by atoms with Crippen LogP contribution in [0.15, 0.2) is 30.0 Å². The molecular weight excluding hydrogens is 118 g/mol. The lowest BCUT2D eigenvalue weighted by Crippen LogP contribution is -2.23. The van der Waals surface area contributed by atoms with Crippen LogP contribution in [0.1, 0.15) is 0 Å². The van der Waals surface area contributed by atoms with Crippen LogP contribution in [0.4, 0.5) is 0 Å². The van der Waals surface area contributed by atoms with E-state index in [0.29, 0.717) is 6.02 Å². The number of fused-ring (bicyclic) bond motifs is 1. The summed E-state index contributed by atoms with van der Waals surface area (Å²) in [5.41, 5.74) is 2.66. The van der Waals surface area contributed by atoms with Crippen LogP contribution < -0.4 is 5.43 Å². The molecule has 0 amide bonds. The van der Waals surface area contributed by atoms with Gasteiger partial charge in [0.2, 0.25) is 0 Å². The van der Waals surface area contributed by atoms with Gasteiger partial charge in [0.15, 0.2) is 0 Å². The van der Waals surface area contributed by atoms with Crippen molar-refractivity contribution in [2.24, 2.45) is 5.10 Å². The largest absolute Gasteiger partial charge is 0.431 e. The number of rotatable bonds is 0. The Morgan fingerprint density at radius 2 is 2.56 bits per heavy atom. The zero-order valence-corrected chi connectivity index (χ0v) is 4.61. The molecule has 0 aromatic heterocycles. The van der Waals surface area contributed by atoms with Gasteiger partial charge in [-0.2, -0.15) is 0 Å². The van der Waals surface area contributed by atoms with E-state index in [1.54, 1.807) is 23.6 Å². The highest BCUT2D eigenvalue weighted by Gasteiger charge is 2.13. The van der Waals surface area contributed by atoms with E-state index in [1.807, 2.05) is 6.20 Å². The average molecular weight is 123 g/mol. The second kappa shape index (κ2) is 1.51. The van der Waals surface area contributed by atoms with Crippen LogP contribution in [0.25, 0.3) is 0 Å². The maximum Gasteiger partial charge on any atom is 0.322 e. The van der Waals surface area contributed by atoms with Crippen LogP contribution in [-0.2, 0) is 4.74 Å². The first-order chi connectivity index (χ1) is 4.47. The Hall–Kier alpha value is -1.45. The van der Waals surface area contributed by atoms with Gasteiger partial charge in [-0.3, -0.25) is 10.3 Å². The fraction of sp³-hybridized carbons (Fsp3) is 0. The molecule has 2 rings (SSSR count). The van der Waals surface area contributed by atoms with E-state index in [1.165, 1.54) is 0 Å². The summed E-state index contributed by atoms with van der Waals surface area (Å²) in [4.78, 5) is 1.77. The Kier molecular flexibility index (Phi) is 0.745. The lowest BCUT2D eigenvalue weighted by molar-refractivity contribution is 0.440. The topological polar surface area (TPSA) is 36.9 Å². The molecule has 0 unspecified atom stereocenters. The lowest BCUT2D eigenvalue weighted by Gasteiger charge is -2.11. The minimum absolute atomic E-state index is 0.567. The van der Waals surface area contributed by atoms with Gasteiger partial charge in [-0.05, 0) is 0 Å². The van der Waals surface area contributed by atoms with Gasteiger partial charge in [-0.25, -0.2) is 0 Å². The molecule has 2 aliphatic heterocycles. The Bertz CT molecular complexity index is 206. The summed E-state index contributed by atoms with van der Waals surface area (Å²) in [5.74, 6) is 0. The molecule has 0 saturated carbocycles. The predicted molar refractivity (Wildman–Crippen MR) is 31.8 cm³/mol. The highest BCUT2D eigenvalue weighted by atomic mass is 16.5. The first-order valence-electron chi connectivity index (χ1n) is 2.58. The third-order valence-corrected chi connectivity index (χ3v) is 1.09. The van der Waals surface area contributed by atoms with Crippen molar-refractivity contribution in [1.29, 1.82) is 0 Å². The smallest absolute Gasteiger partial charge is 0.322 e. The van der Waals surface area contributed by atoms with Crippen molar-refractivity contribution >= 4 is 6.02 Å². The molecule has 4 nitrogen and oxygen atoms in total. The minimum atomic E-state index is 0.567. The Balaban J connectivity index is 2.29. The quantitative estimate of drug-likeness (QED) is 0.497. The molecule has 0 radical (unpaired) electrons. The van der Waals surface area contributed by atoms with Crippen molar-refractivity contribution in [1.82, 2.24) is 10.3 Å². The fourth-order valence-corrected chi connectivity index (χ4v) is 0.685. The second-order valence-corrected chi connectivity index (χ2v) is 1.65. The molecule has 0 aliphatic carbocycles. The van der Waals surface area contributed by atoms with Gasteiger partial charge in [0.05, 0.1) is 0 Å². The molecule has 0 aromatic rings. The zero-order valence-electron chi connectivity index (χ0n) is 4.61. The number of nitrogens with one attached hydrogen (secondary N) is 1. The molecule has 0 fully saturated rings. The Morgan fingerprint density at radius 1 is 1.56 bits per heavy atom. The lowest BCUT2D eigenvalue weighted by atomic mass is 10.7. The van der Waals surface area contributed by atoms with Crippen molar-refractivity contribution in [2.75, 3.05) is 0 Å². The van der Waals surface area contributed by atoms with Gasteiger partial charge in [-0.1, -0.05) is 0 Å². The van der Waals surface area contributed by atoms with Crippen molar-refractivity contribution in [3.8, 4) is 0 Å². The van der Waals surface area contributed by atoms with E-state index in [9.17, 15) is 0 Å². The summed E-state index contributed by atoms with van der Waals surface area (Å²) in [7, 11) is 0. The van der Waals surface area contributed by atoms with Gasteiger partial charge in [0.25, 0.3) is 0 Å². The third kappa shape index (κ3) is 0.561. The van der Waals surface area contributed by atoms with E-state index in [-0.39, 0.29) is 0 Å². The van der Waals surface area contributed by atoms with Crippen LogP contribution in [0.2, 0.25) is 0 Å².